The first-order valence-corrected chi connectivity index (χ1v) is 24.6. The van der Waals surface area contributed by atoms with Gasteiger partial charge in [-0.25, -0.2) is 0 Å². The van der Waals surface area contributed by atoms with E-state index in [2.05, 4.69) is 79.9 Å². The maximum atomic E-state index is 12.9. The first kappa shape index (κ1) is 55.2. The second-order valence-corrected chi connectivity index (χ2v) is 18.1. The van der Waals surface area contributed by atoms with Gasteiger partial charge < -0.3 is 28.8 Å². The number of likely N-dealkylation sites (N-methyl/N-ethyl adjacent to an activating group) is 1. The Morgan fingerprint density at radius 2 is 1.07 bits per heavy atom. The summed E-state index contributed by atoms with van der Waals surface area (Å²) < 4.78 is 23.3. The molecule has 3 unspecified atom stereocenters. The fourth-order valence-corrected chi connectivity index (χ4v) is 7.08. The molecule has 3 atom stereocenters. The minimum atomic E-state index is -4.57. The smallest absolute Gasteiger partial charge is 0.268 e. The lowest BCUT2D eigenvalue weighted by Gasteiger charge is -2.30. The number of quaternary nitrogens is 1. The van der Waals surface area contributed by atoms with Crippen LogP contribution in [0.25, 0.3) is 0 Å². The molecule has 332 valence electrons. The summed E-state index contributed by atoms with van der Waals surface area (Å²) in [5.41, 5.74) is 0. The number of unbranched alkanes of at least 4 members (excludes halogenated alkanes) is 18. The molecule has 0 heterocycles. The second kappa shape index (κ2) is 39.6. The Hall–Kier alpha value is -1.80. The SMILES string of the molecule is CC/C=C\C/C=C\C/C=C\C/C=C\C/C=C\CCCCCCCC(=O)NC(COP(=O)([O-])OCC[N+](C)(C)C)C(O)CCCCCCCCCCCCCCCC. The number of carbonyl (C=O) groups is 1. The van der Waals surface area contributed by atoms with Crippen LogP contribution in [-0.4, -0.2) is 68.5 Å². The van der Waals surface area contributed by atoms with Crippen LogP contribution in [-0.2, 0) is 18.4 Å². The van der Waals surface area contributed by atoms with Gasteiger partial charge in [0.1, 0.15) is 13.2 Å². The normalized spacial score (nSPS) is 14.9. The monoisotopic (exact) mass is 821 g/mol. The quantitative estimate of drug-likeness (QED) is 0.0275. The van der Waals surface area contributed by atoms with Crippen molar-refractivity contribution in [1.29, 1.82) is 0 Å². The summed E-state index contributed by atoms with van der Waals surface area (Å²) in [6, 6.07) is -0.813. The van der Waals surface area contributed by atoms with Crippen molar-refractivity contribution < 1.29 is 32.9 Å². The molecule has 2 N–H and O–H groups in total. The van der Waals surface area contributed by atoms with E-state index in [1.165, 1.54) is 70.6 Å². The van der Waals surface area contributed by atoms with E-state index >= 15 is 0 Å². The molecular formula is C48H89N2O6P. The Labute approximate surface area is 351 Å². The van der Waals surface area contributed by atoms with E-state index in [0.29, 0.717) is 23.9 Å². The highest BCUT2D eigenvalue weighted by atomic mass is 31.2. The summed E-state index contributed by atoms with van der Waals surface area (Å²) in [7, 11) is 1.28. The number of rotatable bonds is 41. The van der Waals surface area contributed by atoms with Crippen molar-refractivity contribution in [3.05, 3.63) is 60.8 Å². The average Bonchev–Trinajstić information content (AvgIpc) is 3.16. The molecule has 0 rings (SSSR count). The fourth-order valence-electron chi connectivity index (χ4n) is 6.36. The van der Waals surface area contributed by atoms with Crippen LogP contribution in [0.15, 0.2) is 60.8 Å². The molecule has 0 radical (unpaired) electrons. The van der Waals surface area contributed by atoms with Gasteiger partial charge in [0.2, 0.25) is 5.91 Å². The molecule has 0 aliphatic carbocycles. The van der Waals surface area contributed by atoms with E-state index in [1.54, 1.807) is 0 Å². The highest BCUT2D eigenvalue weighted by molar-refractivity contribution is 7.45. The molecule has 9 heteroatoms. The molecule has 0 bridgehead atoms. The third-order valence-corrected chi connectivity index (χ3v) is 11.0. The van der Waals surface area contributed by atoms with E-state index in [-0.39, 0.29) is 19.1 Å². The number of hydrogen-bond donors (Lipinski definition) is 2. The van der Waals surface area contributed by atoms with Gasteiger partial charge in [0.15, 0.2) is 0 Å². The van der Waals surface area contributed by atoms with E-state index in [9.17, 15) is 19.4 Å². The molecule has 0 aromatic heterocycles. The zero-order valence-electron chi connectivity index (χ0n) is 37.5. The van der Waals surface area contributed by atoms with Gasteiger partial charge in [-0.05, 0) is 57.8 Å². The van der Waals surface area contributed by atoms with Crippen LogP contribution < -0.4 is 10.2 Å². The minimum Gasteiger partial charge on any atom is -0.756 e. The summed E-state index contributed by atoms with van der Waals surface area (Å²) in [5.74, 6) is -0.186. The van der Waals surface area contributed by atoms with Crippen LogP contribution in [0, 0.1) is 0 Å². The summed E-state index contributed by atoms with van der Waals surface area (Å²) in [5, 5.41) is 13.9. The highest BCUT2D eigenvalue weighted by Crippen LogP contribution is 2.38. The Morgan fingerprint density at radius 1 is 0.632 bits per heavy atom. The second-order valence-electron chi connectivity index (χ2n) is 16.7. The number of hydrogen-bond acceptors (Lipinski definition) is 6. The largest absolute Gasteiger partial charge is 0.756 e. The maximum Gasteiger partial charge on any atom is 0.268 e. The number of nitrogens with zero attached hydrogens (tertiary/aromatic N) is 1. The molecule has 57 heavy (non-hydrogen) atoms. The number of carbonyl (C=O) groups excluding carboxylic acids is 1. The Morgan fingerprint density at radius 3 is 1.56 bits per heavy atom. The predicted molar refractivity (Wildman–Crippen MR) is 242 cm³/mol. The van der Waals surface area contributed by atoms with Crippen LogP contribution in [0.5, 0.6) is 0 Å². The zero-order valence-corrected chi connectivity index (χ0v) is 38.4. The maximum absolute atomic E-state index is 12.9. The van der Waals surface area contributed by atoms with Gasteiger partial charge >= 0.3 is 0 Å². The Kier molecular flexibility index (Phi) is 38.4. The van der Waals surface area contributed by atoms with Gasteiger partial charge in [-0.1, -0.05) is 184 Å². The molecule has 1 amide bonds. The number of phosphoric ester groups is 1. The van der Waals surface area contributed by atoms with Gasteiger partial charge in [-0.2, -0.15) is 0 Å². The zero-order chi connectivity index (χ0) is 42.1. The fraction of sp³-hybridized carbons (Fsp3) is 0.771. The van der Waals surface area contributed by atoms with Crippen LogP contribution in [0.2, 0.25) is 0 Å². The van der Waals surface area contributed by atoms with E-state index in [0.717, 1.165) is 89.9 Å². The van der Waals surface area contributed by atoms with Crippen molar-refractivity contribution in [1.82, 2.24) is 5.32 Å². The van der Waals surface area contributed by atoms with Gasteiger partial charge in [-0.15, -0.1) is 0 Å². The van der Waals surface area contributed by atoms with E-state index < -0.39 is 20.0 Å². The first-order valence-electron chi connectivity index (χ1n) is 23.1. The number of aliphatic hydroxyl groups excluding tert-OH is 1. The van der Waals surface area contributed by atoms with E-state index in [4.69, 9.17) is 9.05 Å². The Bertz CT molecular complexity index is 1110. The lowest BCUT2D eigenvalue weighted by Crippen LogP contribution is -2.46. The topological polar surface area (TPSA) is 108 Å². The number of amides is 1. The van der Waals surface area contributed by atoms with Crippen molar-refractivity contribution >= 4 is 13.7 Å². The summed E-state index contributed by atoms with van der Waals surface area (Å²) in [4.78, 5) is 25.4. The van der Waals surface area contributed by atoms with Gasteiger partial charge in [0.05, 0.1) is 39.9 Å². The standard InChI is InChI=1S/C48H89N2O6P/c1-6-8-10-12-14-16-18-20-22-23-24-25-26-27-28-30-32-34-36-38-40-42-48(52)49-46(45-56-57(53,54)55-44-43-50(3,4)5)47(51)41-39-37-35-33-31-29-21-19-17-15-13-11-9-7-2/h8,10,14,16,20,22,24-25,27-28,46-47,51H,6-7,9,11-13,15,17-19,21,23,26,29-45H2,1-5H3,(H-,49,52,53,54)/b10-8-,16-14-,22-20-,25-24-,28-27-. The van der Waals surface area contributed by atoms with Crippen molar-refractivity contribution in [3.8, 4) is 0 Å². The van der Waals surface area contributed by atoms with Crippen molar-refractivity contribution in [3.63, 3.8) is 0 Å². The van der Waals surface area contributed by atoms with Gasteiger partial charge in [0, 0.05) is 6.42 Å². The lowest BCUT2D eigenvalue weighted by atomic mass is 10.0. The molecule has 0 fully saturated rings. The van der Waals surface area contributed by atoms with Gasteiger partial charge in [0.25, 0.3) is 7.82 Å². The molecule has 0 saturated carbocycles. The number of phosphoric acid groups is 1. The van der Waals surface area contributed by atoms with Crippen LogP contribution in [0.3, 0.4) is 0 Å². The summed E-state index contributed by atoms with van der Waals surface area (Å²) in [6.45, 7) is 4.58. The lowest BCUT2D eigenvalue weighted by molar-refractivity contribution is -0.870. The van der Waals surface area contributed by atoms with Crippen molar-refractivity contribution in [2.45, 2.75) is 199 Å². The number of nitrogens with one attached hydrogen (secondary N) is 1. The molecule has 0 aliphatic heterocycles. The third kappa shape index (κ3) is 42.1. The highest BCUT2D eigenvalue weighted by Gasteiger charge is 2.24. The van der Waals surface area contributed by atoms with Crippen LogP contribution >= 0.6 is 7.82 Å². The molecule has 0 saturated heterocycles. The summed E-state index contributed by atoms with van der Waals surface area (Å²) in [6.07, 6.45) is 50.8. The molecule has 0 aromatic carbocycles. The predicted octanol–water partition coefficient (Wildman–Crippen LogP) is 12.4. The molecular weight excluding hydrogens is 732 g/mol. The average molecular weight is 821 g/mol. The number of allylic oxidation sites excluding steroid dienone is 10. The van der Waals surface area contributed by atoms with Crippen molar-refractivity contribution in [2.75, 3.05) is 40.9 Å². The van der Waals surface area contributed by atoms with Crippen LogP contribution in [0.1, 0.15) is 187 Å². The molecule has 0 aromatic rings. The molecule has 0 aliphatic rings. The van der Waals surface area contributed by atoms with E-state index in [1.807, 2.05) is 21.1 Å². The van der Waals surface area contributed by atoms with Crippen molar-refractivity contribution in [2.24, 2.45) is 0 Å². The number of aliphatic hydroxyl groups is 1. The summed E-state index contributed by atoms with van der Waals surface area (Å²) >= 11 is 0. The molecule has 0 spiro atoms. The Balaban J connectivity index is 4.38. The molecule has 8 nitrogen and oxygen atoms in total. The van der Waals surface area contributed by atoms with Gasteiger partial charge in [-0.3, -0.25) is 9.36 Å². The van der Waals surface area contributed by atoms with Crippen LogP contribution in [0.4, 0.5) is 0 Å². The minimum absolute atomic E-state index is 0.00518. The third-order valence-electron chi connectivity index (χ3n) is 10.0. The first-order chi connectivity index (χ1) is 27.5.